The lowest BCUT2D eigenvalue weighted by Gasteiger charge is -2.19. The molecule has 0 radical (unpaired) electrons. The number of aliphatic carboxylic acids is 1. The van der Waals surface area contributed by atoms with Gasteiger partial charge in [0, 0.05) is 6.08 Å². The lowest BCUT2D eigenvalue weighted by atomic mass is 10.1. The molecule has 0 fully saturated rings. The molecule has 0 saturated carbocycles. The second kappa shape index (κ2) is 9.37. The third-order valence-corrected chi connectivity index (χ3v) is 3.95. The van der Waals surface area contributed by atoms with Crippen LogP contribution < -0.4 is 5.32 Å². The molecule has 0 aromatic heterocycles. The highest BCUT2D eigenvalue weighted by Crippen LogP contribution is 2.31. The van der Waals surface area contributed by atoms with Crippen LogP contribution in [0.15, 0.2) is 41.3 Å². The van der Waals surface area contributed by atoms with Gasteiger partial charge in [0.25, 0.3) is 0 Å². The van der Waals surface area contributed by atoms with Crippen molar-refractivity contribution >= 4 is 24.0 Å². The van der Waals surface area contributed by atoms with Gasteiger partial charge in [-0.05, 0) is 24.4 Å². The number of nitrogens with one attached hydrogen (secondary N) is 1. The van der Waals surface area contributed by atoms with E-state index in [1.807, 2.05) is 30.3 Å². The van der Waals surface area contributed by atoms with Gasteiger partial charge in [-0.2, -0.15) is 0 Å². The summed E-state index contributed by atoms with van der Waals surface area (Å²) in [6.07, 6.45) is 2.54. The van der Waals surface area contributed by atoms with Crippen molar-refractivity contribution in [2.75, 3.05) is 6.54 Å². The minimum Gasteiger partial charge on any atom is -0.478 e. The third kappa shape index (κ3) is 7.11. The van der Waals surface area contributed by atoms with E-state index >= 15 is 0 Å². The lowest BCUT2D eigenvalue weighted by molar-refractivity contribution is -0.131. The fraction of sp³-hybridized carbons (Fsp3) is 0.375. The molecule has 1 aromatic rings. The van der Waals surface area contributed by atoms with Gasteiger partial charge in [0.05, 0.1) is 10.3 Å². The number of allylic oxidation sites excluding steroid dienone is 1. The van der Waals surface area contributed by atoms with Crippen LogP contribution >= 0.6 is 11.8 Å². The number of carbonyl (C=O) groups excluding carboxylic acids is 1. The molecule has 21 heavy (non-hydrogen) atoms. The van der Waals surface area contributed by atoms with Crippen molar-refractivity contribution in [1.82, 2.24) is 5.32 Å². The average Bonchev–Trinajstić information content (AvgIpc) is 2.45. The van der Waals surface area contributed by atoms with Crippen LogP contribution in [0.3, 0.4) is 0 Å². The van der Waals surface area contributed by atoms with Gasteiger partial charge in [0.15, 0.2) is 6.29 Å². The lowest BCUT2D eigenvalue weighted by Crippen LogP contribution is -2.21. The zero-order valence-corrected chi connectivity index (χ0v) is 13.1. The number of hydrogen-bond donors (Lipinski definition) is 2. The predicted molar refractivity (Wildman–Crippen MR) is 86.0 cm³/mol. The minimum absolute atomic E-state index is 0.138. The summed E-state index contributed by atoms with van der Waals surface area (Å²) < 4.78 is 0. The van der Waals surface area contributed by atoms with Gasteiger partial charge in [0.1, 0.15) is 0 Å². The first kappa shape index (κ1) is 17.5. The normalized spacial score (nSPS) is 13.2. The van der Waals surface area contributed by atoms with E-state index in [1.165, 1.54) is 11.8 Å². The maximum absolute atomic E-state index is 11.0. The van der Waals surface area contributed by atoms with Crippen LogP contribution in [0, 0.1) is 5.92 Å². The van der Waals surface area contributed by atoms with Crippen LogP contribution in [0.25, 0.3) is 0 Å². The van der Waals surface area contributed by atoms with Crippen molar-refractivity contribution in [3.63, 3.8) is 0 Å². The van der Waals surface area contributed by atoms with E-state index in [0.717, 1.165) is 24.6 Å². The largest absolute Gasteiger partial charge is 0.478 e. The second-order valence-electron chi connectivity index (χ2n) is 5.05. The van der Waals surface area contributed by atoms with Gasteiger partial charge in [-0.15, -0.1) is 0 Å². The molecule has 0 saturated heterocycles. The van der Waals surface area contributed by atoms with E-state index in [4.69, 9.17) is 5.11 Å². The Morgan fingerprint density at radius 3 is 2.52 bits per heavy atom. The SMILES string of the molecule is CC(C)CCNC(S/C(C=O)=C\C(=O)O)c1ccccc1. The van der Waals surface area contributed by atoms with E-state index in [9.17, 15) is 9.59 Å². The number of hydrogen-bond acceptors (Lipinski definition) is 4. The summed E-state index contributed by atoms with van der Waals surface area (Å²) in [4.78, 5) is 21.9. The zero-order chi connectivity index (χ0) is 15.7. The second-order valence-corrected chi connectivity index (χ2v) is 6.23. The van der Waals surface area contributed by atoms with Gasteiger partial charge in [0.2, 0.25) is 0 Å². The van der Waals surface area contributed by atoms with Crippen LogP contribution in [0.5, 0.6) is 0 Å². The highest BCUT2D eigenvalue weighted by atomic mass is 32.2. The quantitative estimate of drug-likeness (QED) is 0.416. The third-order valence-electron chi connectivity index (χ3n) is 2.79. The summed E-state index contributed by atoms with van der Waals surface area (Å²) >= 11 is 1.22. The highest BCUT2D eigenvalue weighted by molar-refractivity contribution is 8.04. The fourth-order valence-corrected chi connectivity index (χ4v) is 2.70. The number of carboxylic acids is 1. The molecule has 2 N–H and O–H groups in total. The molecule has 0 spiro atoms. The van der Waals surface area contributed by atoms with Crippen LogP contribution in [0.2, 0.25) is 0 Å². The molecule has 1 unspecified atom stereocenters. The van der Waals surface area contributed by atoms with Crippen LogP contribution in [0.4, 0.5) is 0 Å². The number of rotatable bonds is 9. The van der Waals surface area contributed by atoms with Gasteiger partial charge in [-0.25, -0.2) is 4.79 Å². The maximum Gasteiger partial charge on any atom is 0.329 e. The first-order valence-electron chi connectivity index (χ1n) is 6.87. The maximum atomic E-state index is 11.0. The van der Waals surface area contributed by atoms with Crippen LogP contribution in [0.1, 0.15) is 31.2 Å². The Bertz CT molecular complexity index is 486. The number of aldehydes is 1. The highest BCUT2D eigenvalue weighted by Gasteiger charge is 2.14. The standard InChI is InChI=1S/C16H21NO3S/c1-12(2)8-9-17-16(13-6-4-3-5-7-13)21-14(11-18)10-15(19)20/h3-7,10-12,16-17H,8-9H2,1-2H3,(H,19,20)/b14-10-. The molecule has 1 atom stereocenters. The Morgan fingerprint density at radius 2 is 2.00 bits per heavy atom. The predicted octanol–water partition coefficient (Wildman–Crippen LogP) is 3.22. The van der Waals surface area contributed by atoms with Crippen molar-refractivity contribution in [3.05, 3.63) is 46.9 Å². The Balaban J connectivity index is 2.81. The van der Waals surface area contributed by atoms with Crippen LogP contribution in [-0.4, -0.2) is 23.9 Å². The topological polar surface area (TPSA) is 66.4 Å². The van der Waals surface area contributed by atoms with Gasteiger partial charge >= 0.3 is 5.97 Å². The molecule has 0 aliphatic heterocycles. The molecule has 1 aromatic carbocycles. The molecule has 0 heterocycles. The molecular formula is C16H21NO3S. The van der Waals surface area contributed by atoms with Crippen molar-refractivity contribution in [1.29, 1.82) is 0 Å². The Kier molecular flexibility index (Phi) is 7.79. The average molecular weight is 307 g/mol. The summed E-state index contributed by atoms with van der Waals surface area (Å²) in [7, 11) is 0. The van der Waals surface area contributed by atoms with E-state index in [0.29, 0.717) is 12.2 Å². The zero-order valence-electron chi connectivity index (χ0n) is 12.3. The Morgan fingerprint density at radius 1 is 1.33 bits per heavy atom. The fourth-order valence-electron chi connectivity index (χ4n) is 1.71. The summed E-state index contributed by atoms with van der Waals surface area (Å²) in [5.41, 5.74) is 1.02. The summed E-state index contributed by atoms with van der Waals surface area (Å²) in [5, 5.41) is 12.0. The summed E-state index contributed by atoms with van der Waals surface area (Å²) in [6.45, 7) is 5.10. The van der Waals surface area contributed by atoms with E-state index in [-0.39, 0.29) is 10.3 Å². The van der Waals surface area contributed by atoms with Gasteiger partial charge in [-0.1, -0.05) is 55.9 Å². The smallest absolute Gasteiger partial charge is 0.329 e. The minimum atomic E-state index is -1.11. The summed E-state index contributed by atoms with van der Waals surface area (Å²) in [5.74, 6) is -0.530. The van der Waals surface area contributed by atoms with E-state index < -0.39 is 5.97 Å². The molecule has 0 amide bonds. The molecule has 4 nitrogen and oxygen atoms in total. The van der Waals surface area contributed by atoms with Crippen molar-refractivity contribution in [2.24, 2.45) is 5.92 Å². The van der Waals surface area contributed by atoms with E-state index in [2.05, 4.69) is 19.2 Å². The molecular weight excluding hydrogens is 286 g/mol. The molecule has 0 bridgehead atoms. The first-order chi connectivity index (χ1) is 10.0. The molecule has 5 heteroatoms. The van der Waals surface area contributed by atoms with Gasteiger partial charge in [-0.3, -0.25) is 4.79 Å². The summed E-state index contributed by atoms with van der Waals surface area (Å²) in [6, 6.07) is 9.70. The Hall–Kier alpha value is -1.59. The van der Waals surface area contributed by atoms with Crippen molar-refractivity contribution < 1.29 is 14.7 Å². The first-order valence-corrected chi connectivity index (χ1v) is 7.75. The van der Waals surface area contributed by atoms with E-state index in [1.54, 1.807) is 0 Å². The van der Waals surface area contributed by atoms with Crippen molar-refractivity contribution in [3.8, 4) is 0 Å². The monoisotopic (exact) mass is 307 g/mol. The van der Waals surface area contributed by atoms with Gasteiger partial charge < -0.3 is 10.4 Å². The Labute approximate surface area is 129 Å². The van der Waals surface area contributed by atoms with Crippen molar-refractivity contribution in [2.45, 2.75) is 25.6 Å². The molecule has 114 valence electrons. The van der Waals surface area contributed by atoms with Crippen LogP contribution in [-0.2, 0) is 9.59 Å². The number of thioether (sulfide) groups is 1. The number of carbonyl (C=O) groups is 2. The number of benzene rings is 1. The molecule has 0 aliphatic rings. The molecule has 0 aliphatic carbocycles. The molecule has 1 rings (SSSR count). The number of carboxylic acid groups (broad SMARTS) is 1.